The molecule has 1 aliphatic heterocycles. The van der Waals surface area contributed by atoms with Crippen molar-refractivity contribution in [3.05, 3.63) is 29.8 Å². The lowest BCUT2D eigenvalue weighted by Gasteiger charge is -2.39. The van der Waals surface area contributed by atoms with Crippen molar-refractivity contribution in [2.45, 2.75) is 45.8 Å². The number of nitrogens with zero attached hydrogens (tertiary/aromatic N) is 2. The van der Waals surface area contributed by atoms with Gasteiger partial charge >= 0.3 is 0 Å². The molecule has 112 valence electrons. The molecule has 1 aromatic rings. The van der Waals surface area contributed by atoms with Gasteiger partial charge < -0.3 is 15.1 Å². The molecule has 2 rings (SSSR count). The van der Waals surface area contributed by atoms with Crippen molar-refractivity contribution < 1.29 is 0 Å². The summed E-state index contributed by atoms with van der Waals surface area (Å²) in [5.74, 6) is 0. The van der Waals surface area contributed by atoms with Crippen molar-refractivity contribution >= 4 is 5.69 Å². The fourth-order valence-corrected chi connectivity index (χ4v) is 2.70. The summed E-state index contributed by atoms with van der Waals surface area (Å²) in [6, 6.07) is 9.62. The molecule has 1 aromatic carbocycles. The molecule has 0 saturated carbocycles. The fourth-order valence-electron chi connectivity index (χ4n) is 2.70. The molecule has 0 aliphatic carbocycles. The largest absolute Gasteiger partial charge is 0.366 e. The number of likely N-dealkylation sites (N-methyl/N-ethyl adjacent to an activating group) is 1. The molecule has 1 heterocycles. The van der Waals surface area contributed by atoms with Crippen molar-refractivity contribution in [2.75, 3.05) is 31.6 Å². The van der Waals surface area contributed by atoms with Gasteiger partial charge in [0.15, 0.2) is 0 Å². The third-order valence-electron chi connectivity index (χ3n) is 3.92. The SMILES string of the molecule is CC1CN(C)CCN1c1ccc(CNC(C)(C)C)cc1. The van der Waals surface area contributed by atoms with E-state index in [-0.39, 0.29) is 5.54 Å². The smallest absolute Gasteiger partial charge is 0.0389 e. The van der Waals surface area contributed by atoms with E-state index < -0.39 is 0 Å². The molecule has 1 fully saturated rings. The first kappa shape index (κ1) is 15.3. The molecule has 1 unspecified atom stereocenters. The van der Waals surface area contributed by atoms with Gasteiger partial charge in [0.05, 0.1) is 0 Å². The van der Waals surface area contributed by atoms with Crippen LogP contribution in [-0.2, 0) is 6.54 Å². The third kappa shape index (κ3) is 4.22. The molecule has 0 bridgehead atoms. The Balaban J connectivity index is 1.97. The predicted octanol–water partition coefficient (Wildman–Crippen LogP) is 2.72. The zero-order chi connectivity index (χ0) is 14.8. The van der Waals surface area contributed by atoms with Crippen LogP contribution in [0.2, 0.25) is 0 Å². The average Bonchev–Trinajstić information content (AvgIpc) is 2.36. The minimum Gasteiger partial charge on any atom is -0.366 e. The number of anilines is 1. The van der Waals surface area contributed by atoms with Gasteiger partial charge in [-0.25, -0.2) is 0 Å². The van der Waals surface area contributed by atoms with Gasteiger partial charge in [-0.1, -0.05) is 12.1 Å². The van der Waals surface area contributed by atoms with Gasteiger partial charge in [0, 0.05) is 43.4 Å². The molecule has 3 nitrogen and oxygen atoms in total. The van der Waals surface area contributed by atoms with Gasteiger partial charge in [0.2, 0.25) is 0 Å². The van der Waals surface area contributed by atoms with Crippen LogP contribution in [0.3, 0.4) is 0 Å². The van der Waals surface area contributed by atoms with Crippen molar-refractivity contribution in [2.24, 2.45) is 0 Å². The second-order valence-electron chi connectivity index (χ2n) is 7.07. The summed E-state index contributed by atoms with van der Waals surface area (Å²) in [7, 11) is 2.20. The first-order valence-corrected chi connectivity index (χ1v) is 7.64. The van der Waals surface area contributed by atoms with Crippen LogP contribution in [0.4, 0.5) is 5.69 Å². The Kier molecular flexibility index (Phi) is 4.71. The number of nitrogens with one attached hydrogen (secondary N) is 1. The van der Waals surface area contributed by atoms with Crippen molar-refractivity contribution in [1.82, 2.24) is 10.2 Å². The van der Waals surface area contributed by atoms with E-state index in [4.69, 9.17) is 0 Å². The molecule has 3 heteroatoms. The van der Waals surface area contributed by atoms with Crippen LogP contribution < -0.4 is 10.2 Å². The lowest BCUT2D eigenvalue weighted by atomic mass is 10.1. The predicted molar refractivity (Wildman–Crippen MR) is 87.3 cm³/mol. The lowest BCUT2D eigenvalue weighted by molar-refractivity contribution is 0.275. The van der Waals surface area contributed by atoms with Crippen molar-refractivity contribution in [1.29, 1.82) is 0 Å². The summed E-state index contributed by atoms with van der Waals surface area (Å²) in [5, 5.41) is 3.53. The monoisotopic (exact) mass is 275 g/mol. The van der Waals surface area contributed by atoms with E-state index in [1.165, 1.54) is 11.3 Å². The zero-order valence-corrected chi connectivity index (χ0v) is 13.6. The normalized spacial score (nSPS) is 21.2. The van der Waals surface area contributed by atoms with Crippen molar-refractivity contribution in [3.63, 3.8) is 0 Å². The zero-order valence-electron chi connectivity index (χ0n) is 13.6. The Hall–Kier alpha value is -1.06. The summed E-state index contributed by atoms with van der Waals surface area (Å²) >= 11 is 0. The van der Waals surface area contributed by atoms with Gasteiger partial charge in [0.1, 0.15) is 0 Å². The first-order valence-electron chi connectivity index (χ1n) is 7.64. The van der Waals surface area contributed by atoms with Crippen LogP contribution in [0.1, 0.15) is 33.3 Å². The standard InChI is InChI=1S/C17H29N3/c1-14-13-19(5)10-11-20(14)16-8-6-15(7-9-16)12-18-17(2,3)4/h6-9,14,18H,10-13H2,1-5H3. The van der Waals surface area contributed by atoms with Crippen LogP contribution in [0.15, 0.2) is 24.3 Å². The highest BCUT2D eigenvalue weighted by atomic mass is 15.3. The number of benzene rings is 1. The van der Waals surface area contributed by atoms with Crippen LogP contribution in [-0.4, -0.2) is 43.2 Å². The second-order valence-corrected chi connectivity index (χ2v) is 7.07. The topological polar surface area (TPSA) is 18.5 Å². The summed E-state index contributed by atoms with van der Waals surface area (Å²) in [6.45, 7) is 13.3. The molecular weight excluding hydrogens is 246 g/mol. The van der Waals surface area contributed by atoms with E-state index in [0.29, 0.717) is 6.04 Å². The Morgan fingerprint density at radius 1 is 1.15 bits per heavy atom. The van der Waals surface area contributed by atoms with E-state index >= 15 is 0 Å². The van der Waals surface area contributed by atoms with E-state index in [9.17, 15) is 0 Å². The molecule has 1 aliphatic rings. The Morgan fingerprint density at radius 2 is 1.80 bits per heavy atom. The third-order valence-corrected chi connectivity index (χ3v) is 3.92. The fraction of sp³-hybridized carbons (Fsp3) is 0.647. The number of hydrogen-bond donors (Lipinski definition) is 1. The highest BCUT2D eigenvalue weighted by molar-refractivity contribution is 5.49. The van der Waals surface area contributed by atoms with Crippen LogP contribution in [0, 0.1) is 0 Å². The maximum atomic E-state index is 3.53. The van der Waals surface area contributed by atoms with E-state index in [0.717, 1.165) is 26.2 Å². The lowest BCUT2D eigenvalue weighted by Crippen LogP contribution is -2.50. The Bertz CT molecular complexity index is 419. The highest BCUT2D eigenvalue weighted by Gasteiger charge is 2.21. The molecule has 1 atom stereocenters. The maximum absolute atomic E-state index is 3.53. The molecule has 20 heavy (non-hydrogen) atoms. The summed E-state index contributed by atoms with van der Waals surface area (Å²) in [4.78, 5) is 4.92. The van der Waals surface area contributed by atoms with E-state index in [1.807, 2.05) is 0 Å². The first-order chi connectivity index (χ1) is 9.35. The number of rotatable bonds is 3. The van der Waals surface area contributed by atoms with Crippen LogP contribution in [0.5, 0.6) is 0 Å². The second kappa shape index (κ2) is 6.15. The van der Waals surface area contributed by atoms with E-state index in [2.05, 4.69) is 74.1 Å². The highest BCUT2D eigenvalue weighted by Crippen LogP contribution is 2.20. The van der Waals surface area contributed by atoms with Crippen LogP contribution in [0.25, 0.3) is 0 Å². The number of piperazine rings is 1. The summed E-state index contributed by atoms with van der Waals surface area (Å²) in [6.07, 6.45) is 0. The molecule has 0 amide bonds. The average molecular weight is 275 g/mol. The maximum Gasteiger partial charge on any atom is 0.0389 e. The molecule has 0 spiro atoms. The van der Waals surface area contributed by atoms with Gasteiger partial charge in [0.25, 0.3) is 0 Å². The molecule has 1 N–H and O–H groups in total. The van der Waals surface area contributed by atoms with Gasteiger partial charge in [-0.05, 0) is 52.4 Å². The molecular formula is C17H29N3. The summed E-state index contributed by atoms with van der Waals surface area (Å²) < 4.78 is 0. The van der Waals surface area contributed by atoms with Crippen molar-refractivity contribution in [3.8, 4) is 0 Å². The summed E-state index contributed by atoms with van der Waals surface area (Å²) in [5.41, 5.74) is 2.88. The molecule has 1 saturated heterocycles. The van der Waals surface area contributed by atoms with Crippen LogP contribution >= 0.6 is 0 Å². The van der Waals surface area contributed by atoms with Gasteiger partial charge in [-0.15, -0.1) is 0 Å². The minimum absolute atomic E-state index is 0.171. The van der Waals surface area contributed by atoms with E-state index in [1.54, 1.807) is 0 Å². The minimum atomic E-state index is 0.171. The Labute approximate surface area is 124 Å². The van der Waals surface area contributed by atoms with Gasteiger partial charge in [-0.2, -0.15) is 0 Å². The van der Waals surface area contributed by atoms with Gasteiger partial charge in [-0.3, -0.25) is 0 Å². The Morgan fingerprint density at radius 3 is 2.35 bits per heavy atom. The number of hydrogen-bond acceptors (Lipinski definition) is 3. The quantitative estimate of drug-likeness (QED) is 0.915. The molecule has 0 radical (unpaired) electrons. The molecule has 0 aromatic heterocycles.